The van der Waals surface area contributed by atoms with E-state index in [9.17, 15) is 9.59 Å². The fourth-order valence-corrected chi connectivity index (χ4v) is 2.97. The molecule has 2 aliphatic heterocycles. The monoisotopic (exact) mass is 303 g/mol. The largest absolute Gasteiger partial charge is 0.447 e. The Morgan fingerprint density at radius 1 is 1.27 bits per heavy atom. The van der Waals surface area contributed by atoms with Crippen LogP contribution in [0.15, 0.2) is 24.3 Å². The van der Waals surface area contributed by atoms with Crippen molar-refractivity contribution >= 4 is 12.0 Å². The van der Waals surface area contributed by atoms with Crippen LogP contribution in [0.4, 0.5) is 4.79 Å². The number of rotatable bonds is 3. The normalized spacial score (nSPS) is 21.0. The number of carbonyl (C=O) groups is 2. The predicted molar refractivity (Wildman–Crippen MR) is 81.6 cm³/mol. The maximum absolute atomic E-state index is 12.6. The Kier molecular flexibility index (Phi) is 4.02. The van der Waals surface area contributed by atoms with E-state index in [-0.39, 0.29) is 18.0 Å². The van der Waals surface area contributed by atoms with Crippen molar-refractivity contribution in [2.45, 2.75) is 12.6 Å². The lowest BCUT2D eigenvalue weighted by Gasteiger charge is -2.35. The predicted octanol–water partition coefficient (Wildman–Crippen LogP) is 1.02. The zero-order chi connectivity index (χ0) is 15.7. The summed E-state index contributed by atoms with van der Waals surface area (Å²) in [6.45, 7) is 2.89. The summed E-state index contributed by atoms with van der Waals surface area (Å²) < 4.78 is 5.03. The lowest BCUT2D eigenvalue weighted by Crippen LogP contribution is -2.53. The van der Waals surface area contributed by atoms with Gasteiger partial charge in [-0.15, -0.1) is 0 Å². The lowest BCUT2D eigenvalue weighted by atomic mass is 10.1. The molecule has 1 aromatic carbocycles. The van der Waals surface area contributed by atoms with Crippen LogP contribution >= 0.6 is 0 Å². The first-order valence-electron chi connectivity index (χ1n) is 7.51. The van der Waals surface area contributed by atoms with Crippen LogP contribution < -0.4 is 0 Å². The number of amides is 2. The van der Waals surface area contributed by atoms with Crippen molar-refractivity contribution in [3.63, 3.8) is 0 Å². The third-order valence-electron chi connectivity index (χ3n) is 4.10. The summed E-state index contributed by atoms with van der Waals surface area (Å²) in [4.78, 5) is 29.7. The Balaban J connectivity index is 1.65. The number of benzene rings is 1. The zero-order valence-corrected chi connectivity index (χ0v) is 13.0. The number of fused-ring (bicyclic) bond motifs is 1. The van der Waals surface area contributed by atoms with E-state index >= 15 is 0 Å². The highest BCUT2D eigenvalue weighted by atomic mass is 16.6. The minimum absolute atomic E-state index is 0.00165. The molecular weight excluding hydrogens is 282 g/mol. The van der Waals surface area contributed by atoms with Crippen LogP contribution in [0.1, 0.15) is 15.9 Å². The minimum Gasteiger partial charge on any atom is -0.447 e. The molecule has 1 aromatic rings. The van der Waals surface area contributed by atoms with Gasteiger partial charge in [0.1, 0.15) is 6.61 Å². The van der Waals surface area contributed by atoms with E-state index in [1.54, 1.807) is 4.90 Å². The smallest absolute Gasteiger partial charge is 0.410 e. The molecule has 6 heteroatoms. The van der Waals surface area contributed by atoms with Crippen LogP contribution in [0.2, 0.25) is 0 Å². The summed E-state index contributed by atoms with van der Waals surface area (Å²) in [7, 11) is 4.03. The SMILES string of the molecule is CN(C)Cc1ccc(C(=O)N2CCN3C(=O)OCC3C2)cc1. The molecule has 0 radical (unpaired) electrons. The molecule has 0 spiro atoms. The van der Waals surface area contributed by atoms with Crippen molar-refractivity contribution in [2.24, 2.45) is 0 Å². The van der Waals surface area contributed by atoms with Crippen molar-refractivity contribution in [1.29, 1.82) is 0 Å². The van der Waals surface area contributed by atoms with Crippen molar-refractivity contribution < 1.29 is 14.3 Å². The first kappa shape index (κ1) is 14.8. The number of cyclic esters (lactones) is 1. The van der Waals surface area contributed by atoms with Crippen LogP contribution in [-0.4, -0.2) is 73.1 Å². The van der Waals surface area contributed by atoms with Crippen molar-refractivity contribution in [2.75, 3.05) is 40.3 Å². The van der Waals surface area contributed by atoms with Gasteiger partial charge in [-0.1, -0.05) is 12.1 Å². The Morgan fingerprint density at radius 3 is 2.68 bits per heavy atom. The standard InChI is InChI=1S/C16H21N3O3/c1-17(2)9-12-3-5-13(6-4-12)15(20)18-7-8-19-14(10-18)11-22-16(19)21/h3-6,14H,7-11H2,1-2H3. The van der Waals surface area contributed by atoms with E-state index in [1.165, 1.54) is 5.56 Å². The van der Waals surface area contributed by atoms with Crippen LogP contribution in [0.25, 0.3) is 0 Å². The van der Waals surface area contributed by atoms with Crippen molar-refractivity contribution in [3.8, 4) is 0 Å². The van der Waals surface area contributed by atoms with Gasteiger partial charge in [-0.25, -0.2) is 4.79 Å². The highest BCUT2D eigenvalue weighted by Crippen LogP contribution is 2.19. The molecule has 2 fully saturated rings. The molecule has 1 atom stereocenters. The minimum atomic E-state index is -0.259. The number of ether oxygens (including phenoxy) is 1. The first-order valence-corrected chi connectivity index (χ1v) is 7.51. The van der Waals surface area contributed by atoms with Gasteiger partial charge in [-0.2, -0.15) is 0 Å². The Morgan fingerprint density at radius 2 is 2.00 bits per heavy atom. The number of hydrogen-bond donors (Lipinski definition) is 0. The second-order valence-electron chi connectivity index (χ2n) is 6.11. The van der Waals surface area contributed by atoms with E-state index < -0.39 is 0 Å². The van der Waals surface area contributed by atoms with Gasteiger partial charge >= 0.3 is 6.09 Å². The number of carbonyl (C=O) groups excluding carboxylic acids is 2. The molecule has 0 saturated carbocycles. The molecule has 2 aliphatic rings. The lowest BCUT2D eigenvalue weighted by molar-refractivity contribution is 0.0617. The van der Waals surface area contributed by atoms with Gasteiger partial charge in [0.05, 0.1) is 6.04 Å². The molecule has 3 rings (SSSR count). The summed E-state index contributed by atoms with van der Waals surface area (Å²) in [5.41, 5.74) is 1.88. The van der Waals surface area contributed by atoms with Gasteiger partial charge in [-0.05, 0) is 31.8 Å². The maximum Gasteiger partial charge on any atom is 0.410 e. The summed E-state index contributed by atoms with van der Waals surface area (Å²) in [6.07, 6.45) is -0.259. The Labute approximate surface area is 130 Å². The second-order valence-corrected chi connectivity index (χ2v) is 6.11. The van der Waals surface area contributed by atoms with Crippen LogP contribution in [0.5, 0.6) is 0 Å². The van der Waals surface area contributed by atoms with E-state index in [4.69, 9.17) is 4.74 Å². The molecular formula is C16H21N3O3. The van der Waals surface area contributed by atoms with E-state index in [2.05, 4.69) is 4.90 Å². The topological polar surface area (TPSA) is 53.1 Å². The molecule has 2 heterocycles. The molecule has 6 nitrogen and oxygen atoms in total. The van der Waals surface area contributed by atoms with Gasteiger partial charge < -0.3 is 14.5 Å². The number of hydrogen-bond acceptors (Lipinski definition) is 4. The molecule has 22 heavy (non-hydrogen) atoms. The number of piperazine rings is 1. The Hall–Kier alpha value is -2.08. The summed E-state index contributed by atoms with van der Waals surface area (Å²) >= 11 is 0. The van der Waals surface area contributed by atoms with E-state index in [1.807, 2.05) is 43.3 Å². The molecule has 0 aromatic heterocycles. The highest BCUT2D eigenvalue weighted by Gasteiger charge is 2.38. The average molecular weight is 303 g/mol. The van der Waals surface area contributed by atoms with Crippen LogP contribution in [-0.2, 0) is 11.3 Å². The summed E-state index contributed by atoms with van der Waals surface area (Å²) in [5, 5.41) is 0. The maximum atomic E-state index is 12.6. The summed E-state index contributed by atoms with van der Waals surface area (Å²) in [5.74, 6) is 0.0235. The third kappa shape index (κ3) is 2.92. The zero-order valence-electron chi connectivity index (χ0n) is 13.0. The molecule has 118 valence electrons. The first-order chi connectivity index (χ1) is 10.5. The average Bonchev–Trinajstić information content (AvgIpc) is 2.88. The van der Waals surface area contributed by atoms with Crippen molar-refractivity contribution in [3.05, 3.63) is 35.4 Å². The number of nitrogens with zero attached hydrogens (tertiary/aromatic N) is 3. The third-order valence-corrected chi connectivity index (χ3v) is 4.10. The summed E-state index contributed by atoms with van der Waals surface area (Å²) in [6, 6.07) is 7.74. The molecule has 0 bridgehead atoms. The van der Waals surface area contributed by atoms with Gasteiger partial charge in [0.15, 0.2) is 0 Å². The van der Waals surface area contributed by atoms with Gasteiger partial charge in [0, 0.05) is 31.7 Å². The molecule has 1 unspecified atom stereocenters. The van der Waals surface area contributed by atoms with Gasteiger partial charge in [0.25, 0.3) is 5.91 Å². The molecule has 0 aliphatic carbocycles. The van der Waals surface area contributed by atoms with E-state index in [0.717, 1.165) is 6.54 Å². The van der Waals surface area contributed by atoms with Crippen molar-refractivity contribution in [1.82, 2.24) is 14.7 Å². The quantitative estimate of drug-likeness (QED) is 0.837. The molecule has 0 N–H and O–H groups in total. The van der Waals surface area contributed by atoms with Crippen LogP contribution in [0.3, 0.4) is 0 Å². The van der Waals surface area contributed by atoms with E-state index in [0.29, 0.717) is 31.8 Å². The Bertz CT molecular complexity index is 571. The second kappa shape index (κ2) is 5.96. The van der Waals surface area contributed by atoms with Crippen LogP contribution in [0, 0.1) is 0 Å². The van der Waals surface area contributed by atoms with Gasteiger partial charge in [0.2, 0.25) is 0 Å². The van der Waals surface area contributed by atoms with Gasteiger partial charge in [-0.3, -0.25) is 9.69 Å². The fourth-order valence-electron chi connectivity index (χ4n) is 2.97. The highest BCUT2D eigenvalue weighted by molar-refractivity contribution is 5.94. The fraction of sp³-hybridized carbons (Fsp3) is 0.500. The molecule has 2 saturated heterocycles. The molecule has 2 amide bonds.